The summed E-state index contributed by atoms with van der Waals surface area (Å²) in [5.41, 5.74) is 5.36. The van der Waals surface area contributed by atoms with Crippen molar-refractivity contribution in [3.63, 3.8) is 0 Å². The average molecular weight is 395 g/mol. The molecule has 0 amide bonds. The summed E-state index contributed by atoms with van der Waals surface area (Å²) in [5, 5.41) is 5.29. The number of benzene rings is 2. The Morgan fingerprint density at radius 2 is 1.89 bits per heavy atom. The number of aromatic amines is 1. The van der Waals surface area contributed by atoms with E-state index in [0.29, 0.717) is 0 Å². The molecule has 2 N–H and O–H groups in total. The van der Waals surface area contributed by atoms with Crippen LogP contribution in [0.25, 0.3) is 22.2 Å². The van der Waals surface area contributed by atoms with Gasteiger partial charge in [0.15, 0.2) is 0 Å². The number of hydrogen-bond donors (Lipinski definition) is 2. The number of nitrogens with one attached hydrogen (secondary N) is 2. The van der Waals surface area contributed by atoms with Gasteiger partial charge in [-0.1, -0.05) is 18.2 Å². The second-order valence-corrected chi connectivity index (χ2v) is 8.73. The molecule has 0 aliphatic heterocycles. The molecule has 0 atom stereocenters. The van der Waals surface area contributed by atoms with Crippen LogP contribution in [0.4, 0.5) is 0 Å². The van der Waals surface area contributed by atoms with Gasteiger partial charge in [0.1, 0.15) is 0 Å². The summed E-state index contributed by atoms with van der Waals surface area (Å²) >= 11 is 0. The van der Waals surface area contributed by atoms with Gasteiger partial charge in [-0.25, -0.2) is 13.1 Å². The Kier molecular flexibility index (Phi) is 4.56. The van der Waals surface area contributed by atoms with Gasteiger partial charge in [0.2, 0.25) is 10.0 Å². The Morgan fingerprint density at radius 1 is 1.07 bits per heavy atom. The third kappa shape index (κ3) is 3.34. The van der Waals surface area contributed by atoms with E-state index in [1.165, 1.54) is 0 Å². The van der Waals surface area contributed by atoms with Crippen molar-refractivity contribution in [1.29, 1.82) is 0 Å². The van der Waals surface area contributed by atoms with Gasteiger partial charge < -0.3 is 4.98 Å². The highest BCUT2D eigenvalue weighted by molar-refractivity contribution is 7.89. The van der Waals surface area contributed by atoms with E-state index in [1.54, 1.807) is 16.9 Å². The van der Waals surface area contributed by atoms with Crippen molar-refractivity contribution >= 4 is 20.9 Å². The molecule has 4 rings (SSSR count). The van der Waals surface area contributed by atoms with Gasteiger partial charge in [-0.05, 0) is 60.2 Å². The van der Waals surface area contributed by atoms with Gasteiger partial charge in [0.25, 0.3) is 0 Å². The molecule has 0 radical (unpaired) electrons. The monoisotopic (exact) mass is 394 g/mol. The van der Waals surface area contributed by atoms with Crippen LogP contribution in [-0.4, -0.2) is 23.2 Å². The smallest absolute Gasteiger partial charge is 0.241 e. The SMILES string of the molecule is Cc1cc(C)c(S(=O)(=O)NCc2ccc3cc[nH]c3c2)cc1-c1ccnn1C. The summed E-state index contributed by atoms with van der Waals surface area (Å²) in [6.45, 7) is 4.02. The van der Waals surface area contributed by atoms with Crippen LogP contribution in [-0.2, 0) is 23.6 Å². The zero-order chi connectivity index (χ0) is 19.9. The van der Waals surface area contributed by atoms with E-state index in [-0.39, 0.29) is 11.4 Å². The molecule has 0 aliphatic carbocycles. The van der Waals surface area contributed by atoms with E-state index >= 15 is 0 Å². The quantitative estimate of drug-likeness (QED) is 0.542. The maximum atomic E-state index is 13.0. The predicted octanol–water partition coefficient (Wildman–Crippen LogP) is 3.66. The maximum Gasteiger partial charge on any atom is 0.241 e. The highest BCUT2D eigenvalue weighted by Crippen LogP contribution is 2.28. The van der Waals surface area contributed by atoms with Gasteiger partial charge in [-0.3, -0.25) is 4.68 Å². The molecule has 7 heteroatoms. The number of aromatic nitrogens is 3. The minimum Gasteiger partial charge on any atom is -0.361 e. The molecule has 2 aromatic heterocycles. The van der Waals surface area contributed by atoms with Crippen LogP contribution in [0.5, 0.6) is 0 Å². The van der Waals surface area contributed by atoms with Crippen molar-refractivity contribution in [2.24, 2.45) is 7.05 Å². The van der Waals surface area contributed by atoms with E-state index < -0.39 is 10.0 Å². The first kappa shape index (κ1) is 18.5. The highest BCUT2D eigenvalue weighted by Gasteiger charge is 2.20. The molecule has 0 bridgehead atoms. The standard InChI is InChI=1S/C21H22N4O2S/c1-14-10-15(2)21(12-18(14)20-7-9-23-25(20)3)28(26,27)24-13-16-4-5-17-6-8-22-19(17)11-16/h4-12,22,24H,13H2,1-3H3. The van der Waals surface area contributed by atoms with Crippen LogP contribution in [0, 0.1) is 13.8 Å². The molecule has 2 aromatic carbocycles. The van der Waals surface area contributed by atoms with Crippen LogP contribution in [0.1, 0.15) is 16.7 Å². The Morgan fingerprint density at radius 3 is 2.64 bits per heavy atom. The molecule has 2 heterocycles. The van der Waals surface area contributed by atoms with Crippen LogP contribution < -0.4 is 4.72 Å². The number of aryl methyl sites for hydroxylation is 3. The first-order chi connectivity index (χ1) is 13.3. The normalized spacial score (nSPS) is 12.0. The molecule has 0 spiro atoms. The molecule has 6 nitrogen and oxygen atoms in total. The van der Waals surface area contributed by atoms with Crippen LogP contribution in [0.2, 0.25) is 0 Å². The van der Waals surface area contributed by atoms with Crippen molar-refractivity contribution in [2.45, 2.75) is 25.3 Å². The summed E-state index contributed by atoms with van der Waals surface area (Å²) in [4.78, 5) is 3.43. The number of sulfonamides is 1. The molecule has 0 saturated carbocycles. The molecular weight excluding hydrogens is 372 g/mol. The van der Waals surface area contributed by atoms with E-state index in [0.717, 1.165) is 38.9 Å². The van der Waals surface area contributed by atoms with Crippen molar-refractivity contribution in [2.75, 3.05) is 0 Å². The molecule has 4 aromatic rings. The average Bonchev–Trinajstić information content (AvgIpc) is 3.28. The van der Waals surface area contributed by atoms with E-state index in [2.05, 4.69) is 14.8 Å². The van der Waals surface area contributed by atoms with E-state index in [1.807, 2.05) is 63.5 Å². The minimum absolute atomic E-state index is 0.228. The largest absolute Gasteiger partial charge is 0.361 e. The third-order valence-corrected chi connectivity index (χ3v) is 6.54. The third-order valence-electron chi connectivity index (χ3n) is 4.99. The van der Waals surface area contributed by atoms with Crippen molar-refractivity contribution in [3.05, 3.63) is 71.5 Å². The number of fused-ring (bicyclic) bond motifs is 1. The van der Waals surface area contributed by atoms with Crippen molar-refractivity contribution < 1.29 is 8.42 Å². The second-order valence-electron chi connectivity index (χ2n) is 7.00. The molecule has 28 heavy (non-hydrogen) atoms. The van der Waals surface area contributed by atoms with E-state index in [4.69, 9.17) is 0 Å². The molecule has 144 valence electrons. The maximum absolute atomic E-state index is 13.0. The van der Waals surface area contributed by atoms with Crippen LogP contribution in [0.3, 0.4) is 0 Å². The summed E-state index contributed by atoms with van der Waals surface area (Å²) in [6.07, 6.45) is 3.58. The minimum atomic E-state index is -3.66. The lowest BCUT2D eigenvalue weighted by atomic mass is 10.0. The molecule has 0 aliphatic rings. The lowest BCUT2D eigenvalue weighted by molar-refractivity contribution is 0.580. The Bertz CT molecular complexity index is 1270. The molecule has 0 saturated heterocycles. The molecule has 0 fully saturated rings. The topological polar surface area (TPSA) is 79.8 Å². The summed E-state index contributed by atoms with van der Waals surface area (Å²) in [5.74, 6) is 0. The zero-order valence-electron chi connectivity index (χ0n) is 16.0. The Labute approximate surface area is 164 Å². The van der Waals surface area contributed by atoms with Gasteiger partial charge in [0.05, 0.1) is 10.6 Å². The molecule has 0 unspecified atom stereocenters. The summed E-state index contributed by atoms with van der Waals surface area (Å²) in [7, 11) is -1.82. The van der Waals surface area contributed by atoms with Crippen LogP contribution in [0.15, 0.2) is 59.8 Å². The lowest BCUT2D eigenvalue weighted by Gasteiger charge is -2.14. The Balaban J connectivity index is 1.65. The first-order valence-corrected chi connectivity index (χ1v) is 10.5. The van der Waals surface area contributed by atoms with Crippen molar-refractivity contribution in [3.8, 4) is 11.3 Å². The number of nitrogens with zero attached hydrogens (tertiary/aromatic N) is 2. The van der Waals surface area contributed by atoms with Gasteiger partial charge >= 0.3 is 0 Å². The molecular formula is C21H22N4O2S. The number of hydrogen-bond acceptors (Lipinski definition) is 3. The Hall–Kier alpha value is -2.90. The fraction of sp³-hybridized carbons (Fsp3) is 0.190. The zero-order valence-corrected chi connectivity index (χ0v) is 16.8. The fourth-order valence-electron chi connectivity index (χ4n) is 3.50. The van der Waals surface area contributed by atoms with Gasteiger partial charge in [0, 0.05) is 37.1 Å². The van der Waals surface area contributed by atoms with E-state index in [9.17, 15) is 8.42 Å². The summed E-state index contributed by atoms with van der Waals surface area (Å²) in [6, 6.07) is 13.4. The van der Waals surface area contributed by atoms with Gasteiger partial charge in [-0.15, -0.1) is 0 Å². The number of H-pyrrole nitrogens is 1. The van der Waals surface area contributed by atoms with Crippen molar-refractivity contribution in [1.82, 2.24) is 19.5 Å². The van der Waals surface area contributed by atoms with Crippen LogP contribution >= 0.6 is 0 Å². The highest BCUT2D eigenvalue weighted by atomic mass is 32.2. The number of rotatable bonds is 5. The van der Waals surface area contributed by atoms with Gasteiger partial charge in [-0.2, -0.15) is 5.10 Å². The lowest BCUT2D eigenvalue weighted by Crippen LogP contribution is -2.24. The second kappa shape index (κ2) is 6.92. The predicted molar refractivity (Wildman–Crippen MR) is 110 cm³/mol. The summed E-state index contributed by atoms with van der Waals surface area (Å²) < 4.78 is 30.5. The first-order valence-electron chi connectivity index (χ1n) is 9.00. The fourth-order valence-corrected chi connectivity index (χ4v) is 4.77.